The van der Waals surface area contributed by atoms with Crippen LogP contribution in [0.5, 0.6) is 0 Å². The molecule has 124 valence electrons. The Morgan fingerprint density at radius 3 is 2.91 bits per heavy atom. The van der Waals surface area contributed by atoms with Gasteiger partial charge in [-0.1, -0.05) is 5.16 Å². The van der Waals surface area contributed by atoms with Crippen molar-refractivity contribution in [2.45, 2.75) is 56.2 Å². The molecule has 1 N–H and O–H groups in total. The van der Waals surface area contributed by atoms with Gasteiger partial charge in [-0.05, 0) is 38.0 Å². The molecule has 1 aromatic heterocycles. The maximum absolute atomic E-state index is 12.4. The summed E-state index contributed by atoms with van der Waals surface area (Å²) in [4.78, 5) is 14.8. The number of amides is 1. The predicted molar refractivity (Wildman–Crippen MR) is 82.2 cm³/mol. The molecule has 0 aromatic carbocycles. The Balaban J connectivity index is 1.18. The van der Waals surface area contributed by atoms with Crippen LogP contribution in [0.4, 0.5) is 0 Å². The molecule has 2 aliphatic heterocycles. The fourth-order valence-corrected chi connectivity index (χ4v) is 3.98. The highest BCUT2D eigenvalue weighted by molar-refractivity contribution is 5.91. The fourth-order valence-electron chi connectivity index (χ4n) is 3.98. The first-order chi connectivity index (χ1) is 11.3. The van der Waals surface area contributed by atoms with Gasteiger partial charge in [0, 0.05) is 37.2 Å². The average molecular weight is 317 g/mol. The van der Waals surface area contributed by atoms with Crippen LogP contribution < -0.4 is 5.32 Å². The predicted octanol–water partition coefficient (Wildman–Crippen LogP) is 1.53. The van der Waals surface area contributed by atoms with Crippen molar-refractivity contribution in [1.29, 1.82) is 0 Å². The van der Waals surface area contributed by atoms with Gasteiger partial charge in [0.2, 0.25) is 5.76 Å². The van der Waals surface area contributed by atoms with E-state index in [1.54, 1.807) is 0 Å². The number of carbonyl (C=O) groups is 1. The van der Waals surface area contributed by atoms with Gasteiger partial charge in [-0.3, -0.25) is 9.69 Å². The van der Waals surface area contributed by atoms with E-state index in [9.17, 15) is 4.79 Å². The smallest absolute Gasteiger partial charge is 0.290 e. The molecule has 6 heteroatoms. The van der Waals surface area contributed by atoms with Gasteiger partial charge in [0.25, 0.3) is 5.91 Å². The van der Waals surface area contributed by atoms with Crippen LogP contribution in [-0.4, -0.2) is 53.8 Å². The molecule has 0 bridgehead atoms. The zero-order valence-corrected chi connectivity index (χ0v) is 13.2. The van der Waals surface area contributed by atoms with Gasteiger partial charge < -0.3 is 14.6 Å². The molecule has 0 spiro atoms. The topological polar surface area (TPSA) is 67.6 Å². The van der Waals surface area contributed by atoms with Gasteiger partial charge in [-0.25, -0.2) is 0 Å². The second-order valence-electron chi connectivity index (χ2n) is 7.61. The van der Waals surface area contributed by atoms with Crippen LogP contribution in [0.1, 0.15) is 54.3 Å². The highest BCUT2D eigenvalue weighted by atomic mass is 16.5. The van der Waals surface area contributed by atoms with E-state index >= 15 is 0 Å². The van der Waals surface area contributed by atoms with Gasteiger partial charge in [0.1, 0.15) is 0 Å². The van der Waals surface area contributed by atoms with Crippen molar-refractivity contribution < 1.29 is 14.1 Å². The van der Waals surface area contributed by atoms with Crippen molar-refractivity contribution in [2.24, 2.45) is 5.92 Å². The molecular weight excluding hydrogens is 294 g/mol. The molecule has 3 atom stereocenters. The minimum absolute atomic E-state index is 0.131. The SMILES string of the molecule is O=C(N[C@@H]1C[C@H]2CO[C@H](C3CC3)CN2C1)c1cc(C2CC2)no1. The first-order valence-corrected chi connectivity index (χ1v) is 8.89. The highest BCUT2D eigenvalue weighted by Crippen LogP contribution is 2.39. The summed E-state index contributed by atoms with van der Waals surface area (Å²) in [5.41, 5.74) is 0.930. The van der Waals surface area contributed by atoms with Gasteiger partial charge in [-0.2, -0.15) is 0 Å². The summed E-state index contributed by atoms with van der Waals surface area (Å²) in [6.07, 6.45) is 6.34. The molecule has 2 aliphatic carbocycles. The number of fused-ring (bicyclic) bond motifs is 1. The zero-order chi connectivity index (χ0) is 15.4. The average Bonchev–Trinajstić information content (AvgIpc) is 3.48. The molecule has 23 heavy (non-hydrogen) atoms. The molecule has 2 saturated carbocycles. The van der Waals surface area contributed by atoms with E-state index in [1.165, 1.54) is 12.8 Å². The van der Waals surface area contributed by atoms with Crippen molar-refractivity contribution in [3.8, 4) is 0 Å². The summed E-state index contributed by atoms with van der Waals surface area (Å²) in [6, 6.07) is 2.44. The Morgan fingerprint density at radius 2 is 2.13 bits per heavy atom. The molecule has 1 aromatic rings. The van der Waals surface area contributed by atoms with Crippen LogP contribution >= 0.6 is 0 Å². The summed E-state index contributed by atoms with van der Waals surface area (Å²) in [5, 5.41) is 7.13. The summed E-state index contributed by atoms with van der Waals surface area (Å²) >= 11 is 0. The Labute approximate surface area is 135 Å². The first-order valence-electron chi connectivity index (χ1n) is 8.89. The van der Waals surface area contributed by atoms with E-state index in [1.807, 2.05) is 6.07 Å². The molecule has 5 rings (SSSR count). The Hall–Kier alpha value is -1.40. The largest absolute Gasteiger partial charge is 0.375 e. The zero-order valence-electron chi connectivity index (χ0n) is 13.2. The van der Waals surface area contributed by atoms with Crippen LogP contribution in [0.2, 0.25) is 0 Å². The number of ether oxygens (including phenoxy) is 1. The summed E-state index contributed by atoms with van der Waals surface area (Å²) in [5.74, 6) is 1.51. The van der Waals surface area contributed by atoms with Crippen molar-refractivity contribution in [3.05, 3.63) is 17.5 Å². The molecule has 0 unspecified atom stereocenters. The monoisotopic (exact) mass is 317 g/mol. The van der Waals surface area contributed by atoms with Gasteiger partial charge in [0.15, 0.2) is 0 Å². The molecular formula is C17H23N3O3. The lowest BCUT2D eigenvalue weighted by Gasteiger charge is -2.35. The maximum atomic E-state index is 12.4. The van der Waals surface area contributed by atoms with Crippen molar-refractivity contribution in [3.63, 3.8) is 0 Å². The lowest BCUT2D eigenvalue weighted by atomic mass is 10.1. The summed E-state index contributed by atoms with van der Waals surface area (Å²) in [7, 11) is 0. The first kappa shape index (κ1) is 14.0. The second-order valence-corrected chi connectivity index (χ2v) is 7.61. The third-order valence-corrected chi connectivity index (χ3v) is 5.68. The van der Waals surface area contributed by atoms with Crippen molar-refractivity contribution in [1.82, 2.24) is 15.4 Å². The van der Waals surface area contributed by atoms with Crippen LogP contribution in [0.25, 0.3) is 0 Å². The van der Waals surface area contributed by atoms with E-state index in [0.717, 1.165) is 50.6 Å². The number of carbonyl (C=O) groups excluding carboxylic acids is 1. The van der Waals surface area contributed by atoms with E-state index in [0.29, 0.717) is 23.8 Å². The van der Waals surface area contributed by atoms with E-state index < -0.39 is 0 Å². The highest BCUT2D eigenvalue weighted by Gasteiger charge is 2.42. The normalized spacial score (nSPS) is 34.3. The van der Waals surface area contributed by atoms with E-state index in [2.05, 4.69) is 15.4 Å². The quantitative estimate of drug-likeness (QED) is 0.912. The van der Waals surface area contributed by atoms with Crippen LogP contribution in [0, 0.1) is 5.92 Å². The van der Waals surface area contributed by atoms with Gasteiger partial charge in [0.05, 0.1) is 18.4 Å². The number of aromatic nitrogens is 1. The third kappa shape index (κ3) is 2.78. The van der Waals surface area contributed by atoms with Crippen LogP contribution in [0.3, 0.4) is 0 Å². The number of rotatable bonds is 4. The molecule has 1 amide bonds. The van der Waals surface area contributed by atoms with E-state index in [-0.39, 0.29) is 11.9 Å². The Bertz CT molecular complexity index is 608. The minimum atomic E-state index is -0.131. The van der Waals surface area contributed by atoms with E-state index in [4.69, 9.17) is 9.26 Å². The van der Waals surface area contributed by atoms with Gasteiger partial charge in [-0.15, -0.1) is 0 Å². The van der Waals surface area contributed by atoms with Crippen molar-refractivity contribution >= 4 is 5.91 Å². The number of hydrogen-bond donors (Lipinski definition) is 1. The molecule has 6 nitrogen and oxygen atoms in total. The third-order valence-electron chi connectivity index (χ3n) is 5.68. The van der Waals surface area contributed by atoms with Gasteiger partial charge >= 0.3 is 0 Å². The molecule has 0 radical (unpaired) electrons. The summed E-state index contributed by atoms with van der Waals surface area (Å²) in [6.45, 7) is 2.75. The molecule has 4 aliphatic rings. The Morgan fingerprint density at radius 1 is 1.26 bits per heavy atom. The van der Waals surface area contributed by atoms with Crippen molar-refractivity contribution in [2.75, 3.05) is 19.7 Å². The molecule has 3 heterocycles. The standard InChI is InChI=1S/C17H23N3O3/c21-17(15-6-14(19-23-15)10-1-2-10)18-12-5-13-9-22-16(11-3-4-11)8-20(13)7-12/h6,10-13,16H,1-5,7-9H2,(H,18,21)/t12-,13+,16+/m1/s1. The number of morpholine rings is 1. The second kappa shape index (κ2) is 5.31. The molecule has 2 saturated heterocycles. The summed E-state index contributed by atoms with van der Waals surface area (Å²) < 4.78 is 11.2. The van der Waals surface area contributed by atoms with Crippen LogP contribution in [0.15, 0.2) is 10.6 Å². The number of hydrogen-bond acceptors (Lipinski definition) is 5. The number of nitrogens with zero attached hydrogens (tertiary/aromatic N) is 2. The maximum Gasteiger partial charge on any atom is 0.290 e. The van der Waals surface area contributed by atoms with Crippen LogP contribution in [-0.2, 0) is 4.74 Å². The molecule has 4 fully saturated rings. The lowest BCUT2D eigenvalue weighted by Crippen LogP contribution is -2.47. The number of nitrogens with one attached hydrogen (secondary N) is 1. The minimum Gasteiger partial charge on any atom is -0.375 e. The fraction of sp³-hybridized carbons (Fsp3) is 0.765. The lowest BCUT2D eigenvalue weighted by molar-refractivity contribution is -0.0581. The Kier molecular flexibility index (Phi) is 3.23.